The Bertz CT molecular complexity index is 1250. The molecule has 150 valence electrons. The van der Waals surface area contributed by atoms with E-state index in [2.05, 4.69) is 25.8 Å². The summed E-state index contributed by atoms with van der Waals surface area (Å²) in [5.74, 6) is -0.631. The van der Waals surface area contributed by atoms with Gasteiger partial charge in [0.1, 0.15) is 5.39 Å². The number of imide groups is 1. The molecule has 2 aromatic heterocycles. The molecule has 0 radical (unpaired) electrons. The number of nitrogens with zero attached hydrogens (tertiary/aromatic N) is 3. The molecule has 9 nitrogen and oxygen atoms in total. The normalized spacial score (nSPS) is 10.7. The van der Waals surface area contributed by atoms with Gasteiger partial charge in [-0.05, 0) is 24.3 Å². The molecule has 0 saturated carbocycles. The lowest BCUT2D eigenvalue weighted by Gasteiger charge is -2.11. The second kappa shape index (κ2) is 8.62. The van der Waals surface area contributed by atoms with Crippen molar-refractivity contribution >= 4 is 40.4 Å². The minimum atomic E-state index is -0.635. The summed E-state index contributed by atoms with van der Waals surface area (Å²) in [6.45, 7) is 0. The molecule has 2 heterocycles. The summed E-state index contributed by atoms with van der Waals surface area (Å²) in [4.78, 5) is 41.6. The van der Waals surface area contributed by atoms with Gasteiger partial charge in [0.15, 0.2) is 10.8 Å². The van der Waals surface area contributed by atoms with Crippen molar-refractivity contribution in [2.24, 2.45) is 0 Å². The van der Waals surface area contributed by atoms with E-state index >= 15 is 0 Å². The van der Waals surface area contributed by atoms with Crippen LogP contribution in [0.4, 0.5) is 10.5 Å². The minimum Gasteiger partial charge on any atom is -0.308 e. The number of carbonyl (C=O) groups is 2. The molecule has 0 spiro atoms. The number of fused-ring (bicyclic) bond motifs is 1. The Hall–Kier alpha value is -3.92. The zero-order valence-electron chi connectivity index (χ0n) is 15.5. The summed E-state index contributed by atoms with van der Waals surface area (Å²) in [5.41, 5.74) is 1.21. The number of hydrogen-bond donors (Lipinski definition) is 3. The van der Waals surface area contributed by atoms with Crippen LogP contribution in [0.3, 0.4) is 0 Å². The quantitative estimate of drug-likeness (QED) is 0.337. The van der Waals surface area contributed by atoms with Gasteiger partial charge in [-0.2, -0.15) is 5.10 Å². The van der Waals surface area contributed by atoms with Gasteiger partial charge in [-0.15, -0.1) is 0 Å². The maximum atomic E-state index is 12.9. The molecule has 3 amide bonds. The van der Waals surface area contributed by atoms with E-state index in [4.69, 9.17) is 0 Å². The molecule has 30 heavy (non-hydrogen) atoms. The predicted molar refractivity (Wildman–Crippen MR) is 114 cm³/mol. The standard InChI is InChI=1S/C20H16N6O3S/c27-16(23-19(29)22-13-7-3-1-4-8-13)12-30-20-24-17-15(11-21-25-17)18(28)26(20)14-9-5-2-6-10-14/h1-11H,12H2,(H,21,25)(H2,22,23,27,29). The van der Waals surface area contributed by atoms with E-state index in [0.29, 0.717) is 27.6 Å². The van der Waals surface area contributed by atoms with E-state index in [9.17, 15) is 14.4 Å². The van der Waals surface area contributed by atoms with Gasteiger partial charge in [-0.3, -0.25) is 24.6 Å². The number of hydrogen-bond acceptors (Lipinski definition) is 6. The highest BCUT2D eigenvalue weighted by Gasteiger charge is 2.16. The highest BCUT2D eigenvalue weighted by atomic mass is 32.2. The fraction of sp³-hybridized carbons (Fsp3) is 0.0500. The van der Waals surface area contributed by atoms with Crippen LogP contribution in [0, 0.1) is 0 Å². The van der Waals surface area contributed by atoms with Gasteiger partial charge >= 0.3 is 6.03 Å². The van der Waals surface area contributed by atoms with Crippen molar-refractivity contribution < 1.29 is 9.59 Å². The SMILES string of the molecule is O=C(CSc1nc2[nH]ncc2c(=O)n1-c1ccccc1)NC(=O)Nc1ccccc1. The van der Waals surface area contributed by atoms with Crippen LogP contribution in [0.25, 0.3) is 16.7 Å². The van der Waals surface area contributed by atoms with E-state index in [1.165, 1.54) is 10.8 Å². The van der Waals surface area contributed by atoms with Gasteiger partial charge < -0.3 is 5.32 Å². The molecule has 0 bridgehead atoms. The topological polar surface area (TPSA) is 122 Å². The Kier molecular flexibility index (Phi) is 5.57. The van der Waals surface area contributed by atoms with Gasteiger partial charge in [0, 0.05) is 5.69 Å². The third kappa shape index (κ3) is 4.23. The summed E-state index contributed by atoms with van der Waals surface area (Å²) in [7, 11) is 0. The Balaban J connectivity index is 1.51. The number of anilines is 1. The lowest BCUT2D eigenvalue weighted by molar-refractivity contribution is -0.117. The number of nitrogens with one attached hydrogen (secondary N) is 3. The summed E-state index contributed by atoms with van der Waals surface area (Å²) in [6.07, 6.45) is 1.42. The number of carbonyl (C=O) groups excluding carboxylic acids is 2. The first-order chi connectivity index (χ1) is 14.6. The van der Waals surface area contributed by atoms with Crippen molar-refractivity contribution in [1.29, 1.82) is 0 Å². The molecule has 0 aliphatic heterocycles. The molecule has 0 saturated heterocycles. The van der Waals surface area contributed by atoms with Gasteiger partial charge in [0.25, 0.3) is 5.56 Å². The van der Waals surface area contributed by atoms with E-state index < -0.39 is 11.9 Å². The molecule has 0 unspecified atom stereocenters. The first-order valence-electron chi connectivity index (χ1n) is 8.92. The van der Waals surface area contributed by atoms with Crippen LogP contribution >= 0.6 is 11.8 Å². The first-order valence-corrected chi connectivity index (χ1v) is 9.90. The van der Waals surface area contributed by atoms with Crippen LogP contribution in [-0.2, 0) is 4.79 Å². The van der Waals surface area contributed by atoms with Crippen molar-refractivity contribution in [1.82, 2.24) is 25.1 Å². The monoisotopic (exact) mass is 420 g/mol. The molecule has 0 atom stereocenters. The highest BCUT2D eigenvalue weighted by molar-refractivity contribution is 7.99. The van der Waals surface area contributed by atoms with Crippen LogP contribution in [0.2, 0.25) is 0 Å². The third-order valence-corrected chi connectivity index (χ3v) is 5.02. The number of thioether (sulfide) groups is 1. The number of amides is 3. The molecule has 0 fully saturated rings. The molecular formula is C20H16N6O3S. The third-order valence-electron chi connectivity index (χ3n) is 4.08. The van der Waals surface area contributed by atoms with Gasteiger partial charge in [-0.1, -0.05) is 48.2 Å². The highest BCUT2D eigenvalue weighted by Crippen LogP contribution is 2.20. The largest absolute Gasteiger partial charge is 0.325 e. The zero-order chi connectivity index (χ0) is 20.9. The summed E-state index contributed by atoms with van der Waals surface area (Å²) < 4.78 is 1.42. The number of aromatic amines is 1. The van der Waals surface area contributed by atoms with E-state index in [-0.39, 0.29) is 11.3 Å². The fourth-order valence-electron chi connectivity index (χ4n) is 2.75. The van der Waals surface area contributed by atoms with Crippen LogP contribution in [-0.4, -0.2) is 37.4 Å². The molecule has 4 rings (SSSR count). The number of rotatable bonds is 5. The number of para-hydroxylation sites is 2. The summed E-state index contributed by atoms with van der Waals surface area (Å²) in [6, 6.07) is 17.1. The maximum absolute atomic E-state index is 12.9. The number of urea groups is 1. The van der Waals surface area contributed by atoms with Crippen molar-refractivity contribution in [3.63, 3.8) is 0 Å². The Morgan fingerprint density at radius 3 is 2.47 bits per heavy atom. The lowest BCUT2D eigenvalue weighted by Crippen LogP contribution is -2.35. The van der Waals surface area contributed by atoms with Crippen LogP contribution < -0.4 is 16.2 Å². The second-order valence-corrected chi connectivity index (χ2v) is 7.10. The number of aromatic nitrogens is 4. The predicted octanol–water partition coefficient (Wildman–Crippen LogP) is 2.55. The molecular weight excluding hydrogens is 404 g/mol. The molecule has 2 aromatic carbocycles. The van der Waals surface area contributed by atoms with Crippen molar-refractivity contribution in [2.45, 2.75) is 5.16 Å². The van der Waals surface area contributed by atoms with Gasteiger partial charge in [0.05, 0.1) is 17.6 Å². The maximum Gasteiger partial charge on any atom is 0.325 e. The van der Waals surface area contributed by atoms with E-state index in [1.807, 2.05) is 12.1 Å². The lowest BCUT2D eigenvalue weighted by atomic mass is 10.3. The van der Waals surface area contributed by atoms with Gasteiger partial charge in [0.2, 0.25) is 5.91 Å². The Labute approximate surface area is 174 Å². The summed E-state index contributed by atoms with van der Waals surface area (Å²) >= 11 is 1.04. The van der Waals surface area contributed by atoms with Gasteiger partial charge in [-0.25, -0.2) is 9.78 Å². The van der Waals surface area contributed by atoms with Crippen molar-refractivity contribution in [3.8, 4) is 5.69 Å². The van der Waals surface area contributed by atoms with Crippen LogP contribution in [0.15, 0.2) is 76.8 Å². The van der Waals surface area contributed by atoms with Crippen LogP contribution in [0.5, 0.6) is 0 Å². The van der Waals surface area contributed by atoms with Crippen molar-refractivity contribution in [2.75, 3.05) is 11.1 Å². The van der Waals surface area contributed by atoms with E-state index in [0.717, 1.165) is 11.8 Å². The van der Waals surface area contributed by atoms with Crippen LogP contribution in [0.1, 0.15) is 0 Å². The Morgan fingerprint density at radius 1 is 1.03 bits per heavy atom. The average Bonchev–Trinajstić information content (AvgIpc) is 3.22. The first kappa shape index (κ1) is 19.4. The Morgan fingerprint density at radius 2 is 1.73 bits per heavy atom. The molecule has 4 aromatic rings. The molecule has 3 N–H and O–H groups in total. The number of benzene rings is 2. The minimum absolute atomic E-state index is 0.110. The zero-order valence-corrected chi connectivity index (χ0v) is 16.3. The van der Waals surface area contributed by atoms with E-state index in [1.54, 1.807) is 48.5 Å². The molecule has 10 heteroatoms. The molecule has 0 aliphatic rings. The smallest absolute Gasteiger partial charge is 0.308 e. The second-order valence-electron chi connectivity index (χ2n) is 6.16. The molecule has 0 aliphatic carbocycles. The fourth-order valence-corrected chi connectivity index (χ4v) is 3.56. The van der Waals surface area contributed by atoms with Crippen molar-refractivity contribution in [3.05, 3.63) is 77.2 Å². The number of H-pyrrole nitrogens is 1. The average molecular weight is 420 g/mol. The summed E-state index contributed by atoms with van der Waals surface area (Å²) in [5, 5.41) is 12.0.